The van der Waals surface area contributed by atoms with Crippen molar-refractivity contribution >= 4 is 34.3 Å². The molecule has 1 N–H and O–H groups in total. The molecule has 1 heterocycles. The minimum atomic E-state index is -0.475. The predicted octanol–water partition coefficient (Wildman–Crippen LogP) is 5.34. The minimum Gasteiger partial charge on any atom is -0.457 e. The molecule has 0 saturated carbocycles. The summed E-state index contributed by atoms with van der Waals surface area (Å²) in [5.41, 5.74) is 1.16. The van der Waals surface area contributed by atoms with Gasteiger partial charge in [0.15, 0.2) is 5.16 Å². The number of thioether (sulfide) groups is 1. The van der Waals surface area contributed by atoms with Gasteiger partial charge in [0.25, 0.3) is 5.56 Å². The summed E-state index contributed by atoms with van der Waals surface area (Å²) >= 11 is 1.26. The van der Waals surface area contributed by atoms with Crippen LogP contribution in [-0.4, -0.2) is 34.4 Å². The molecule has 3 aromatic carbocycles. The Balaban J connectivity index is 1.46. The molecular formula is C27H27N3O4S. The van der Waals surface area contributed by atoms with E-state index in [-0.39, 0.29) is 11.5 Å². The number of carbonyl (C=O) groups excluding carboxylic acids is 1. The highest BCUT2D eigenvalue weighted by Crippen LogP contribution is 2.26. The number of carbonyl (C=O) groups is 1. The number of hydrogen-bond acceptors (Lipinski definition) is 6. The first-order chi connectivity index (χ1) is 17.0. The minimum absolute atomic E-state index is 0.115. The molecule has 1 unspecified atom stereocenters. The molecule has 0 saturated heterocycles. The molecule has 35 heavy (non-hydrogen) atoms. The molecule has 0 spiro atoms. The molecule has 8 heteroatoms. The van der Waals surface area contributed by atoms with Crippen molar-refractivity contribution in [3.63, 3.8) is 0 Å². The van der Waals surface area contributed by atoms with Crippen molar-refractivity contribution in [1.29, 1.82) is 0 Å². The van der Waals surface area contributed by atoms with Crippen LogP contribution < -0.4 is 15.6 Å². The number of amides is 1. The standard InChI is InChI=1S/C27H27N3O4S/c1-19(25(31)28-20-13-15-22(16-14-20)34-21-9-4-3-5-10-21)35-27-29-24-12-7-6-11-23(24)26(32)30(27)17-8-18-33-2/h3-7,9-16,19H,8,17-18H2,1-2H3,(H,28,31). The second-order valence-electron chi connectivity index (χ2n) is 7.90. The molecule has 0 aliphatic rings. The van der Waals surface area contributed by atoms with Gasteiger partial charge in [-0.3, -0.25) is 14.2 Å². The number of nitrogens with one attached hydrogen (secondary N) is 1. The zero-order chi connectivity index (χ0) is 24.6. The Morgan fingerprint density at radius 1 is 1.00 bits per heavy atom. The van der Waals surface area contributed by atoms with Crippen LogP contribution in [0.15, 0.2) is 88.8 Å². The second-order valence-corrected chi connectivity index (χ2v) is 9.21. The van der Waals surface area contributed by atoms with Gasteiger partial charge < -0.3 is 14.8 Å². The molecule has 0 fully saturated rings. The lowest BCUT2D eigenvalue weighted by Crippen LogP contribution is -2.27. The Morgan fingerprint density at radius 3 is 2.43 bits per heavy atom. The summed E-state index contributed by atoms with van der Waals surface area (Å²) in [6.45, 7) is 2.79. The Bertz CT molecular complexity index is 1340. The number of benzene rings is 3. The van der Waals surface area contributed by atoms with Crippen molar-refractivity contribution in [2.24, 2.45) is 0 Å². The zero-order valence-corrected chi connectivity index (χ0v) is 20.5. The Hall–Kier alpha value is -3.62. The topological polar surface area (TPSA) is 82.4 Å². The summed E-state index contributed by atoms with van der Waals surface area (Å²) in [6.07, 6.45) is 0.669. The van der Waals surface area contributed by atoms with Crippen molar-refractivity contribution in [1.82, 2.24) is 9.55 Å². The summed E-state index contributed by atoms with van der Waals surface area (Å²) in [4.78, 5) is 30.7. The highest BCUT2D eigenvalue weighted by Gasteiger charge is 2.19. The molecule has 0 radical (unpaired) electrons. The molecule has 7 nitrogen and oxygen atoms in total. The lowest BCUT2D eigenvalue weighted by atomic mass is 10.2. The monoisotopic (exact) mass is 489 g/mol. The lowest BCUT2D eigenvalue weighted by molar-refractivity contribution is -0.115. The van der Waals surface area contributed by atoms with Crippen molar-refractivity contribution in [2.75, 3.05) is 19.0 Å². The van der Waals surface area contributed by atoms with Gasteiger partial charge in [-0.05, 0) is 61.9 Å². The largest absolute Gasteiger partial charge is 0.457 e. The summed E-state index contributed by atoms with van der Waals surface area (Å²) in [7, 11) is 1.63. The van der Waals surface area contributed by atoms with Crippen LogP contribution in [0.25, 0.3) is 10.9 Å². The van der Waals surface area contributed by atoms with E-state index in [2.05, 4.69) is 10.3 Å². The van der Waals surface area contributed by atoms with Gasteiger partial charge in [-0.2, -0.15) is 0 Å². The Labute approximate surface area is 208 Å². The average molecular weight is 490 g/mol. The maximum absolute atomic E-state index is 13.1. The number of nitrogens with zero attached hydrogens (tertiary/aromatic N) is 2. The normalized spacial score (nSPS) is 11.8. The number of hydrogen-bond donors (Lipinski definition) is 1. The van der Waals surface area contributed by atoms with E-state index in [4.69, 9.17) is 9.47 Å². The molecule has 180 valence electrons. The van der Waals surface area contributed by atoms with Gasteiger partial charge in [-0.25, -0.2) is 4.98 Å². The Morgan fingerprint density at radius 2 is 1.69 bits per heavy atom. The smallest absolute Gasteiger partial charge is 0.262 e. The number of anilines is 1. The molecule has 0 aliphatic heterocycles. The van der Waals surface area contributed by atoms with Gasteiger partial charge in [0, 0.05) is 25.9 Å². The number of methoxy groups -OCH3 is 1. The molecule has 1 atom stereocenters. The molecule has 0 aliphatic carbocycles. The van der Waals surface area contributed by atoms with Crippen LogP contribution in [-0.2, 0) is 16.1 Å². The van der Waals surface area contributed by atoms with Gasteiger partial charge in [-0.1, -0.05) is 42.1 Å². The van der Waals surface area contributed by atoms with Gasteiger partial charge in [0.05, 0.1) is 16.2 Å². The second kappa shape index (κ2) is 11.7. The van der Waals surface area contributed by atoms with E-state index >= 15 is 0 Å². The number of fused-ring (bicyclic) bond motifs is 1. The van der Waals surface area contributed by atoms with Gasteiger partial charge in [-0.15, -0.1) is 0 Å². The summed E-state index contributed by atoms with van der Waals surface area (Å²) in [5, 5.41) is 3.52. The van der Waals surface area contributed by atoms with E-state index in [9.17, 15) is 9.59 Å². The first-order valence-corrected chi connectivity index (χ1v) is 12.2. The quantitative estimate of drug-likeness (QED) is 0.184. The summed E-state index contributed by atoms with van der Waals surface area (Å²) in [5.74, 6) is 1.24. The third-order valence-electron chi connectivity index (χ3n) is 5.31. The van der Waals surface area contributed by atoms with E-state index < -0.39 is 5.25 Å². The molecule has 4 rings (SSSR count). The van der Waals surface area contributed by atoms with E-state index in [1.807, 2.05) is 48.5 Å². The highest BCUT2D eigenvalue weighted by atomic mass is 32.2. The van der Waals surface area contributed by atoms with Crippen LogP contribution in [0.1, 0.15) is 13.3 Å². The third kappa shape index (κ3) is 6.29. The lowest BCUT2D eigenvalue weighted by Gasteiger charge is -2.16. The molecular weight excluding hydrogens is 462 g/mol. The van der Waals surface area contributed by atoms with Crippen LogP contribution in [0.4, 0.5) is 5.69 Å². The molecule has 1 amide bonds. The molecule has 4 aromatic rings. The highest BCUT2D eigenvalue weighted by molar-refractivity contribution is 8.00. The van der Waals surface area contributed by atoms with Gasteiger partial charge in [0.2, 0.25) is 5.91 Å². The fourth-order valence-electron chi connectivity index (χ4n) is 3.49. The fraction of sp³-hybridized carbons (Fsp3) is 0.222. The number of rotatable bonds is 10. The van der Waals surface area contributed by atoms with E-state index in [1.54, 1.807) is 48.9 Å². The fourth-order valence-corrected chi connectivity index (χ4v) is 4.42. The average Bonchev–Trinajstić information content (AvgIpc) is 2.87. The van der Waals surface area contributed by atoms with E-state index in [0.29, 0.717) is 47.1 Å². The van der Waals surface area contributed by atoms with Crippen LogP contribution in [0.3, 0.4) is 0 Å². The number of para-hydroxylation sites is 2. The van der Waals surface area contributed by atoms with Crippen molar-refractivity contribution in [3.8, 4) is 11.5 Å². The third-order valence-corrected chi connectivity index (χ3v) is 6.40. The first-order valence-electron chi connectivity index (χ1n) is 11.3. The van der Waals surface area contributed by atoms with E-state index in [0.717, 1.165) is 5.75 Å². The van der Waals surface area contributed by atoms with Crippen LogP contribution in [0.5, 0.6) is 11.5 Å². The summed E-state index contributed by atoms with van der Waals surface area (Å²) in [6, 6.07) is 23.9. The number of aromatic nitrogens is 2. The maximum atomic E-state index is 13.1. The van der Waals surface area contributed by atoms with E-state index in [1.165, 1.54) is 11.8 Å². The molecule has 0 bridgehead atoms. The molecule has 1 aromatic heterocycles. The van der Waals surface area contributed by atoms with Crippen LogP contribution in [0, 0.1) is 0 Å². The SMILES string of the molecule is COCCCn1c(SC(C)C(=O)Nc2ccc(Oc3ccccc3)cc2)nc2ccccc2c1=O. The predicted molar refractivity (Wildman–Crippen MR) is 139 cm³/mol. The van der Waals surface area contributed by atoms with Gasteiger partial charge >= 0.3 is 0 Å². The van der Waals surface area contributed by atoms with Crippen LogP contribution in [0.2, 0.25) is 0 Å². The first kappa shape index (κ1) is 24.5. The number of ether oxygens (including phenoxy) is 2. The van der Waals surface area contributed by atoms with Crippen LogP contribution >= 0.6 is 11.8 Å². The summed E-state index contributed by atoms with van der Waals surface area (Å²) < 4.78 is 12.6. The van der Waals surface area contributed by atoms with Crippen molar-refractivity contribution in [3.05, 3.63) is 89.2 Å². The zero-order valence-electron chi connectivity index (χ0n) is 19.6. The maximum Gasteiger partial charge on any atom is 0.262 e. The van der Waals surface area contributed by atoms with Crippen molar-refractivity contribution in [2.45, 2.75) is 30.3 Å². The Kier molecular flexibility index (Phi) is 8.18. The van der Waals surface area contributed by atoms with Gasteiger partial charge in [0.1, 0.15) is 11.5 Å². The van der Waals surface area contributed by atoms with Crippen molar-refractivity contribution < 1.29 is 14.3 Å².